The number of nitrogens with two attached hydrogens (primary N) is 1. The molecule has 1 aliphatic heterocycles. The number of rotatable bonds is 2. The Labute approximate surface area is 132 Å². The highest BCUT2D eigenvalue weighted by molar-refractivity contribution is 7.99. The molecule has 4 nitrogen and oxygen atoms in total. The monoisotopic (exact) mass is 321 g/mol. The van der Waals surface area contributed by atoms with Crippen LogP contribution in [-0.2, 0) is 12.8 Å². The van der Waals surface area contributed by atoms with Crippen LogP contribution in [0.2, 0.25) is 0 Å². The number of thioether (sulfide) groups is 1. The van der Waals surface area contributed by atoms with Crippen molar-refractivity contribution in [2.75, 3.05) is 11.5 Å². The van der Waals surface area contributed by atoms with E-state index in [1.165, 1.54) is 41.9 Å². The lowest BCUT2D eigenvalue weighted by Gasteiger charge is -2.17. The van der Waals surface area contributed by atoms with Crippen molar-refractivity contribution < 1.29 is 4.52 Å². The van der Waals surface area contributed by atoms with Crippen molar-refractivity contribution in [3.8, 4) is 11.5 Å². The molecule has 1 aliphatic carbocycles. The largest absolute Gasteiger partial charge is 0.390 e. The lowest BCUT2D eigenvalue weighted by atomic mass is 9.95. The molecular formula is C15H19N3OS2. The Hall–Kier alpha value is -1.01. The number of hydrogen-bond donors (Lipinski definition) is 1. The summed E-state index contributed by atoms with van der Waals surface area (Å²) in [5.41, 5.74) is 8.61. The predicted molar refractivity (Wildman–Crippen MR) is 87.7 cm³/mol. The molecule has 4 rings (SSSR count). The number of aryl methyl sites for hydroxylation is 1. The molecule has 1 unspecified atom stereocenters. The van der Waals surface area contributed by atoms with E-state index in [0.717, 1.165) is 35.7 Å². The topological polar surface area (TPSA) is 64.9 Å². The van der Waals surface area contributed by atoms with Gasteiger partial charge < -0.3 is 10.3 Å². The van der Waals surface area contributed by atoms with E-state index < -0.39 is 0 Å². The molecule has 112 valence electrons. The molecule has 1 atom stereocenters. The molecule has 3 heterocycles. The van der Waals surface area contributed by atoms with Crippen molar-refractivity contribution in [1.29, 1.82) is 0 Å². The van der Waals surface area contributed by atoms with Crippen molar-refractivity contribution in [3.63, 3.8) is 0 Å². The first-order chi connectivity index (χ1) is 10.3. The Morgan fingerprint density at radius 1 is 1.14 bits per heavy atom. The van der Waals surface area contributed by atoms with E-state index in [4.69, 9.17) is 10.3 Å². The number of anilines is 1. The zero-order chi connectivity index (χ0) is 14.2. The first-order valence-electron chi connectivity index (χ1n) is 7.68. The SMILES string of the molecule is Nc1sc2c(c1-c1nc(C3CCCCS3)no1)CCCC2. The van der Waals surface area contributed by atoms with Gasteiger partial charge >= 0.3 is 0 Å². The number of nitrogens with zero attached hydrogens (tertiary/aromatic N) is 2. The van der Waals surface area contributed by atoms with Gasteiger partial charge in [0.25, 0.3) is 5.89 Å². The van der Waals surface area contributed by atoms with E-state index in [2.05, 4.69) is 10.1 Å². The molecule has 2 aliphatic rings. The molecule has 0 saturated carbocycles. The first-order valence-corrected chi connectivity index (χ1v) is 9.55. The van der Waals surface area contributed by atoms with Gasteiger partial charge in [-0.15, -0.1) is 11.3 Å². The Morgan fingerprint density at radius 3 is 2.90 bits per heavy atom. The standard InChI is InChI=1S/C15H19N3OS2/c16-13-12(9-5-1-2-6-10(9)21-13)15-17-14(18-19-15)11-7-3-4-8-20-11/h11H,1-8,16H2. The second-order valence-electron chi connectivity index (χ2n) is 5.76. The van der Waals surface area contributed by atoms with Gasteiger partial charge in [0.05, 0.1) is 15.8 Å². The summed E-state index contributed by atoms with van der Waals surface area (Å²) in [5.74, 6) is 2.68. The Balaban J connectivity index is 1.68. The number of hydrogen-bond acceptors (Lipinski definition) is 6. The van der Waals surface area contributed by atoms with Crippen LogP contribution in [0.5, 0.6) is 0 Å². The zero-order valence-electron chi connectivity index (χ0n) is 11.9. The molecule has 2 N–H and O–H groups in total. The Kier molecular flexibility index (Phi) is 3.67. The molecule has 2 aromatic heterocycles. The quantitative estimate of drug-likeness (QED) is 0.897. The van der Waals surface area contributed by atoms with Gasteiger partial charge in [-0.3, -0.25) is 0 Å². The maximum absolute atomic E-state index is 6.23. The highest BCUT2D eigenvalue weighted by atomic mass is 32.2. The molecule has 1 fully saturated rings. The molecule has 0 spiro atoms. The van der Waals surface area contributed by atoms with Crippen molar-refractivity contribution >= 4 is 28.1 Å². The van der Waals surface area contributed by atoms with E-state index in [9.17, 15) is 0 Å². The van der Waals surface area contributed by atoms with E-state index in [-0.39, 0.29) is 0 Å². The summed E-state index contributed by atoms with van der Waals surface area (Å²) in [7, 11) is 0. The summed E-state index contributed by atoms with van der Waals surface area (Å²) >= 11 is 3.65. The van der Waals surface area contributed by atoms with Gasteiger partial charge in [-0.2, -0.15) is 16.7 Å². The normalized spacial score (nSPS) is 22.2. The van der Waals surface area contributed by atoms with Crippen molar-refractivity contribution in [2.45, 2.75) is 50.2 Å². The fourth-order valence-corrected chi connectivity index (χ4v) is 5.62. The summed E-state index contributed by atoms with van der Waals surface area (Å²) in [5, 5.41) is 5.46. The third kappa shape index (κ3) is 2.48. The molecule has 21 heavy (non-hydrogen) atoms. The van der Waals surface area contributed by atoms with E-state index in [0.29, 0.717) is 11.1 Å². The van der Waals surface area contributed by atoms with Crippen LogP contribution < -0.4 is 5.73 Å². The average molecular weight is 321 g/mol. The van der Waals surface area contributed by atoms with Gasteiger partial charge in [0.15, 0.2) is 5.82 Å². The van der Waals surface area contributed by atoms with Crippen LogP contribution in [0, 0.1) is 0 Å². The molecule has 1 saturated heterocycles. The number of fused-ring (bicyclic) bond motifs is 1. The van der Waals surface area contributed by atoms with Gasteiger partial charge in [0, 0.05) is 4.88 Å². The minimum absolute atomic E-state index is 0.395. The van der Waals surface area contributed by atoms with Gasteiger partial charge in [-0.25, -0.2) is 0 Å². The Bertz CT molecular complexity index is 643. The van der Waals surface area contributed by atoms with Gasteiger partial charge in [-0.05, 0) is 49.8 Å². The molecule has 0 amide bonds. The molecule has 0 aromatic carbocycles. The lowest BCUT2D eigenvalue weighted by Crippen LogP contribution is -2.04. The van der Waals surface area contributed by atoms with Gasteiger partial charge in [-0.1, -0.05) is 11.6 Å². The smallest absolute Gasteiger partial charge is 0.261 e. The van der Waals surface area contributed by atoms with Gasteiger partial charge in [0.2, 0.25) is 0 Å². The van der Waals surface area contributed by atoms with E-state index in [1.54, 1.807) is 11.3 Å². The number of thiophene rings is 1. The van der Waals surface area contributed by atoms with Crippen LogP contribution in [-0.4, -0.2) is 15.9 Å². The average Bonchev–Trinajstić information content (AvgIpc) is 3.11. The van der Waals surface area contributed by atoms with Crippen LogP contribution in [0.15, 0.2) is 4.52 Å². The summed E-state index contributed by atoms with van der Waals surface area (Å²) in [6.07, 6.45) is 8.45. The Morgan fingerprint density at radius 2 is 2.05 bits per heavy atom. The maximum Gasteiger partial charge on any atom is 0.261 e. The number of nitrogen functional groups attached to an aromatic ring is 1. The minimum Gasteiger partial charge on any atom is -0.390 e. The third-order valence-corrected chi connectivity index (χ3v) is 6.82. The van der Waals surface area contributed by atoms with Crippen LogP contribution in [0.25, 0.3) is 11.5 Å². The molecule has 0 bridgehead atoms. The highest BCUT2D eigenvalue weighted by Crippen LogP contribution is 2.43. The fraction of sp³-hybridized carbons (Fsp3) is 0.600. The van der Waals surface area contributed by atoms with Crippen molar-refractivity contribution in [2.24, 2.45) is 0 Å². The van der Waals surface area contributed by atoms with E-state index in [1.807, 2.05) is 11.8 Å². The predicted octanol–water partition coefficient (Wildman–Crippen LogP) is 4.22. The second-order valence-corrected chi connectivity index (χ2v) is 8.21. The second kappa shape index (κ2) is 5.65. The lowest BCUT2D eigenvalue weighted by molar-refractivity contribution is 0.420. The van der Waals surface area contributed by atoms with E-state index >= 15 is 0 Å². The maximum atomic E-state index is 6.23. The summed E-state index contributed by atoms with van der Waals surface area (Å²) < 4.78 is 5.56. The van der Waals surface area contributed by atoms with Crippen LogP contribution in [0.4, 0.5) is 5.00 Å². The molecular weight excluding hydrogens is 302 g/mol. The molecule has 6 heteroatoms. The van der Waals surface area contributed by atoms with Crippen molar-refractivity contribution in [1.82, 2.24) is 10.1 Å². The van der Waals surface area contributed by atoms with Gasteiger partial charge in [0.1, 0.15) is 0 Å². The summed E-state index contributed by atoms with van der Waals surface area (Å²) in [6.45, 7) is 0. The van der Waals surface area contributed by atoms with Crippen LogP contribution in [0.1, 0.15) is 53.6 Å². The van der Waals surface area contributed by atoms with Crippen molar-refractivity contribution in [3.05, 3.63) is 16.3 Å². The highest BCUT2D eigenvalue weighted by Gasteiger charge is 2.27. The zero-order valence-corrected chi connectivity index (χ0v) is 13.6. The molecule has 0 radical (unpaired) electrons. The summed E-state index contributed by atoms with van der Waals surface area (Å²) in [4.78, 5) is 6.09. The van der Waals surface area contributed by atoms with Crippen LogP contribution >= 0.6 is 23.1 Å². The molecule has 2 aromatic rings. The minimum atomic E-state index is 0.395. The summed E-state index contributed by atoms with van der Waals surface area (Å²) in [6, 6.07) is 0. The third-order valence-electron chi connectivity index (χ3n) is 4.32. The number of aromatic nitrogens is 2. The fourth-order valence-electron chi connectivity index (χ4n) is 3.23. The first kappa shape index (κ1) is 13.6. The van der Waals surface area contributed by atoms with Crippen LogP contribution in [0.3, 0.4) is 0 Å².